The molecular weight excluding hydrogens is 340 g/mol. The lowest BCUT2D eigenvalue weighted by molar-refractivity contribution is -0.139. The van der Waals surface area contributed by atoms with E-state index in [0.29, 0.717) is 31.6 Å². The summed E-state index contributed by atoms with van der Waals surface area (Å²) < 4.78 is 5.60. The van der Waals surface area contributed by atoms with Gasteiger partial charge < -0.3 is 15.2 Å². The van der Waals surface area contributed by atoms with Crippen molar-refractivity contribution in [2.24, 2.45) is 0 Å². The number of benzene rings is 2. The average Bonchev–Trinajstić information content (AvgIpc) is 2.66. The maximum Gasteiger partial charge on any atom is 0.256 e. The van der Waals surface area contributed by atoms with Crippen LogP contribution in [-0.4, -0.2) is 40.7 Å². The van der Waals surface area contributed by atoms with Gasteiger partial charge in [0.05, 0.1) is 6.10 Å². The normalized spacial score (nSPS) is 16.9. The molecule has 2 N–H and O–H groups in total. The van der Waals surface area contributed by atoms with Gasteiger partial charge in [-0.25, -0.2) is 0 Å². The highest BCUT2D eigenvalue weighted by atomic mass is 16.5. The van der Waals surface area contributed by atoms with Crippen LogP contribution in [0.1, 0.15) is 32.3 Å². The Kier molecular flexibility index (Phi) is 6.14. The van der Waals surface area contributed by atoms with E-state index in [-0.39, 0.29) is 12.0 Å². The summed E-state index contributed by atoms with van der Waals surface area (Å²) in [7, 11) is 0. The van der Waals surface area contributed by atoms with Crippen LogP contribution in [-0.2, 0) is 11.3 Å². The monoisotopic (exact) mass is 368 g/mol. The lowest BCUT2D eigenvalue weighted by atomic mass is 9.90. The van der Waals surface area contributed by atoms with Crippen molar-refractivity contribution in [3.05, 3.63) is 60.2 Å². The van der Waals surface area contributed by atoms with Crippen LogP contribution < -0.4 is 10.1 Å². The van der Waals surface area contributed by atoms with E-state index < -0.39 is 5.60 Å². The van der Waals surface area contributed by atoms with Gasteiger partial charge in [0, 0.05) is 25.3 Å². The molecule has 0 aliphatic carbocycles. The Morgan fingerprint density at radius 3 is 2.33 bits per heavy atom. The number of rotatable bonds is 6. The fourth-order valence-electron chi connectivity index (χ4n) is 3.29. The van der Waals surface area contributed by atoms with E-state index >= 15 is 0 Å². The summed E-state index contributed by atoms with van der Waals surface area (Å²) in [6.45, 7) is 6.17. The zero-order valence-electron chi connectivity index (χ0n) is 16.0. The summed E-state index contributed by atoms with van der Waals surface area (Å²) in [5.74, 6) is 0.426. The number of amides is 1. The van der Waals surface area contributed by atoms with E-state index in [1.807, 2.05) is 44.2 Å². The van der Waals surface area contributed by atoms with Gasteiger partial charge in [0.1, 0.15) is 11.4 Å². The first-order valence-electron chi connectivity index (χ1n) is 9.51. The molecule has 0 unspecified atom stereocenters. The van der Waals surface area contributed by atoms with Crippen molar-refractivity contribution < 1.29 is 14.6 Å². The number of nitrogens with one attached hydrogen (secondary N) is 1. The second kappa shape index (κ2) is 8.55. The number of carbonyl (C=O) groups excluding carboxylic acids is 1. The highest BCUT2D eigenvalue weighted by Gasteiger charge is 2.39. The van der Waals surface area contributed by atoms with Gasteiger partial charge in [-0.1, -0.05) is 30.3 Å². The van der Waals surface area contributed by atoms with E-state index in [9.17, 15) is 9.90 Å². The predicted octanol–water partition coefficient (Wildman–Crippen LogP) is 3.44. The molecule has 1 aliphatic heterocycles. The molecule has 1 aliphatic rings. The van der Waals surface area contributed by atoms with Gasteiger partial charge in [0.15, 0.2) is 0 Å². The molecule has 144 valence electrons. The van der Waals surface area contributed by atoms with Gasteiger partial charge >= 0.3 is 0 Å². The minimum absolute atomic E-state index is 0.104. The Hall–Kier alpha value is -2.37. The average molecular weight is 368 g/mol. The molecule has 1 saturated heterocycles. The first kappa shape index (κ1) is 19.4. The molecule has 2 aromatic carbocycles. The number of aliphatic hydroxyl groups is 1. The van der Waals surface area contributed by atoms with Crippen molar-refractivity contribution >= 4 is 11.6 Å². The number of hydrogen-bond acceptors (Lipinski definition) is 4. The maximum absolute atomic E-state index is 12.6. The van der Waals surface area contributed by atoms with Crippen molar-refractivity contribution in [1.29, 1.82) is 0 Å². The van der Waals surface area contributed by atoms with Crippen molar-refractivity contribution in [1.82, 2.24) is 4.90 Å². The lowest BCUT2D eigenvalue weighted by Crippen LogP contribution is -2.51. The van der Waals surface area contributed by atoms with Crippen LogP contribution in [0.4, 0.5) is 5.69 Å². The number of piperidine rings is 1. The second-order valence-corrected chi connectivity index (χ2v) is 7.44. The third kappa shape index (κ3) is 5.31. The minimum Gasteiger partial charge on any atom is -0.491 e. The van der Waals surface area contributed by atoms with Crippen LogP contribution in [0.5, 0.6) is 5.75 Å². The van der Waals surface area contributed by atoms with Crippen LogP contribution >= 0.6 is 0 Å². The van der Waals surface area contributed by atoms with E-state index in [2.05, 4.69) is 22.3 Å². The molecule has 1 amide bonds. The number of hydrogen-bond donors (Lipinski definition) is 2. The summed E-state index contributed by atoms with van der Waals surface area (Å²) in [6, 6.07) is 17.5. The number of carbonyl (C=O) groups is 1. The van der Waals surface area contributed by atoms with E-state index in [0.717, 1.165) is 12.3 Å². The van der Waals surface area contributed by atoms with E-state index in [1.165, 1.54) is 5.56 Å². The number of likely N-dealkylation sites (tertiary alicyclic amines) is 1. The van der Waals surface area contributed by atoms with Gasteiger partial charge in [0.25, 0.3) is 5.91 Å². The van der Waals surface area contributed by atoms with E-state index in [4.69, 9.17) is 4.74 Å². The van der Waals surface area contributed by atoms with Crippen LogP contribution in [0.25, 0.3) is 0 Å². The Morgan fingerprint density at radius 1 is 1.11 bits per heavy atom. The standard InChI is InChI=1S/C22H28N2O3/c1-17(2)27-20-10-8-19(9-11-20)23-21(25)22(26)12-14-24(15-13-22)16-18-6-4-3-5-7-18/h3-11,17,26H,12-16H2,1-2H3,(H,23,25). The Labute approximate surface area is 161 Å². The second-order valence-electron chi connectivity index (χ2n) is 7.44. The molecule has 5 nitrogen and oxygen atoms in total. The van der Waals surface area contributed by atoms with Crippen LogP contribution in [0.15, 0.2) is 54.6 Å². The highest BCUT2D eigenvalue weighted by molar-refractivity contribution is 5.97. The first-order chi connectivity index (χ1) is 12.9. The van der Waals surface area contributed by atoms with Crippen molar-refractivity contribution in [2.45, 2.75) is 44.9 Å². The molecule has 3 rings (SSSR count). The molecule has 0 saturated carbocycles. The third-order valence-corrected chi connectivity index (χ3v) is 4.84. The maximum atomic E-state index is 12.6. The topological polar surface area (TPSA) is 61.8 Å². The molecule has 5 heteroatoms. The summed E-state index contributed by atoms with van der Waals surface area (Å²) in [6.07, 6.45) is 0.965. The highest BCUT2D eigenvalue weighted by Crippen LogP contribution is 2.26. The van der Waals surface area contributed by atoms with Crippen LogP contribution in [0.2, 0.25) is 0 Å². The van der Waals surface area contributed by atoms with E-state index in [1.54, 1.807) is 12.1 Å². The Balaban J connectivity index is 1.52. The zero-order chi connectivity index (χ0) is 19.3. The molecular formula is C22H28N2O3. The lowest BCUT2D eigenvalue weighted by Gasteiger charge is -2.37. The summed E-state index contributed by atoms with van der Waals surface area (Å²) >= 11 is 0. The quantitative estimate of drug-likeness (QED) is 0.820. The van der Waals surface area contributed by atoms with Gasteiger partial charge in [-0.2, -0.15) is 0 Å². The summed E-state index contributed by atoms with van der Waals surface area (Å²) in [4.78, 5) is 14.9. The third-order valence-electron chi connectivity index (χ3n) is 4.84. The largest absolute Gasteiger partial charge is 0.491 e. The number of anilines is 1. The van der Waals surface area contributed by atoms with Gasteiger partial charge in [-0.15, -0.1) is 0 Å². The molecule has 2 aromatic rings. The van der Waals surface area contributed by atoms with Crippen LogP contribution in [0.3, 0.4) is 0 Å². The van der Waals surface area contributed by atoms with Crippen LogP contribution in [0, 0.1) is 0 Å². The fraction of sp³-hybridized carbons (Fsp3) is 0.409. The SMILES string of the molecule is CC(C)Oc1ccc(NC(=O)C2(O)CCN(Cc3ccccc3)CC2)cc1. The molecule has 0 bridgehead atoms. The first-order valence-corrected chi connectivity index (χ1v) is 9.51. The fourth-order valence-corrected chi connectivity index (χ4v) is 3.29. The molecule has 1 fully saturated rings. The molecule has 0 radical (unpaired) electrons. The molecule has 27 heavy (non-hydrogen) atoms. The predicted molar refractivity (Wildman–Crippen MR) is 107 cm³/mol. The Bertz CT molecular complexity index is 736. The van der Waals surface area contributed by atoms with Gasteiger partial charge in [0.2, 0.25) is 0 Å². The Morgan fingerprint density at radius 2 is 1.74 bits per heavy atom. The summed E-state index contributed by atoms with van der Waals surface area (Å²) in [5, 5.41) is 13.6. The van der Waals surface area contributed by atoms with Crippen molar-refractivity contribution in [3.8, 4) is 5.75 Å². The summed E-state index contributed by atoms with van der Waals surface area (Å²) in [5.41, 5.74) is 0.590. The molecule has 0 spiro atoms. The zero-order valence-corrected chi connectivity index (χ0v) is 16.0. The number of ether oxygens (including phenoxy) is 1. The molecule has 1 heterocycles. The van der Waals surface area contributed by atoms with Crippen molar-refractivity contribution in [2.75, 3.05) is 18.4 Å². The van der Waals surface area contributed by atoms with Gasteiger partial charge in [-0.3, -0.25) is 9.69 Å². The minimum atomic E-state index is -1.32. The smallest absolute Gasteiger partial charge is 0.256 e. The molecule has 0 atom stereocenters. The van der Waals surface area contributed by atoms with Crippen molar-refractivity contribution in [3.63, 3.8) is 0 Å². The number of nitrogens with zero attached hydrogens (tertiary/aromatic N) is 1. The van der Waals surface area contributed by atoms with Gasteiger partial charge in [-0.05, 0) is 56.5 Å². The molecule has 0 aromatic heterocycles.